The van der Waals surface area contributed by atoms with Gasteiger partial charge >= 0.3 is 0 Å². The number of nitrogens with zero attached hydrogens (tertiary/aromatic N) is 2. The van der Waals surface area contributed by atoms with Crippen molar-refractivity contribution in [2.24, 2.45) is 7.05 Å². The molecule has 0 aliphatic heterocycles. The highest BCUT2D eigenvalue weighted by atomic mass is 127. The molecule has 144 valence electrons. The van der Waals surface area contributed by atoms with E-state index in [1.54, 1.807) is 18.2 Å². The fraction of sp³-hybridized carbons (Fsp3) is 0.211. The number of hydrogen-bond donors (Lipinski definition) is 0. The molecule has 0 saturated carbocycles. The molecule has 3 aromatic rings. The summed E-state index contributed by atoms with van der Waals surface area (Å²) in [5.74, 6) is 0. The number of aryl methyl sites for hydroxylation is 1. The van der Waals surface area contributed by atoms with E-state index < -0.39 is 0 Å². The molecule has 2 aromatic carbocycles. The van der Waals surface area contributed by atoms with E-state index in [9.17, 15) is 0 Å². The largest absolute Gasteiger partial charge is 1.00 e. The van der Waals surface area contributed by atoms with Gasteiger partial charge in [0.2, 0.25) is 6.33 Å². The van der Waals surface area contributed by atoms with Crippen LogP contribution < -0.4 is 28.5 Å². The fourth-order valence-electron chi connectivity index (χ4n) is 2.63. The molecule has 0 bridgehead atoms. The zero-order valence-electron chi connectivity index (χ0n) is 14.4. The summed E-state index contributed by atoms with van der Waals surface area (Å²) >= 11 is 24.7. The van der Waals surface area contributed by atoms with Crippen molar-refractivity contribution in [1.29, 1.82) is 0 Å². The van der Waals surface area contributed by atoms with E-state index in [-0.39, 0.29) is 30.1 Å². The zero-order valence-corrected chi connectivity index (χ0v) is 19.6. The Bertz CT molecular complexity index is 916. The monoisotopic (exact) mass is 556 g/mol. The number of ether oxygens (including phenoxy) is 1. The third kappa shape index (κ3) is 6.24. The molecule has 0 saturated heterocycles. The van der Waals surface area contributed by atoms with Crippen LogP contribution in [0.15, 0.2) is 55.1 Å². The first-order chi connectivity index (χ1) is 12.4. The first-order valence-corrected chi connectivity index (χ1v) is 9.45. The second-order valence-corrected chi connectivity index (χ2v) is 7.66. The Morgan fingerprint density at radius 2 is 1.67 bits per heavy atom. The lowest BCUT2D eigenvalue weighted by Gasteiger charge is -2.19. The van der Waals surface area contributed by atoms with E-state index in [0.717, 1.165) is 11.1 Å². The van der Waals surface area contributed by atoms with Gasteiger partial charge in [0.05, 0.1) is 13.7 Å². The molecule has 1 atom stereocenters. The lowest BCUT2D eigenvalue weighted by Crippen LogP contribution is -3.00. The van der Waals surface area contributed by atoms with E-state index in [2.05, 4.69) is 0 Å². The summed E-state index contributed by atoms with van der Waals surface area (Å²) in [6, 6.07) is 10.8. The number of aromatic nitrogens is 2. The van der Waals surface area contributed by atoms with Crippen LogP contribution in [0, 0.1) is 0 Å². The van der Waals surface area contributed by atoms with Gasteiger partial charge in [-0.2, -0.15) is 0 Å². The molecule has 0 amide bonds. The standard InChI is InChI=1S/C19H17Cl4N2O.HI/c1-24-6-7-25(12-24)10-19(16-5-4-15(21)9-18(16)23)26-11-13-2-3-14(20)8-17(13)22;/h2-9,12,19H,10-11H2,1H3;1H/q+1;/p-1. The highest BCUT2D eigenvalue weighted by Gasteiger charge is 2.20. The SMILES string of the molecule is C[n+]1ccn(CC(OCc2ccc(Cl)cc2Cl)c2ccc(Cl)cc2Cl)c1.[I-]. The third-order valence-electron chi connectivity index (χ3n) is 3.96. The van der Waals surface area contributed by atoms with Crippen LogP contribution in [0.1, 0.15) is 17.2 Å². The smallest absolute Gasteiger partial charge is 0.243 e. The molecular weight excluding hydrogens is 541 g/mol. The van der Waals surface area contributed by atoms with Gasteiger partial charge in [-0.1, -0.05) is 58.5 Å². The Morgan fingerprint density at radius 1 is 1.00 bits per heavy atom. The maximum atomic E-state index is 6.41. The number of hydrogen-bond acceptors (Lipinski definition) is 1. The Morgan fingerprint density at radius 3 is 2.26 bits per heavy atom. The van der Waals surface area contributed by atoms with E-state index in [4.69, 9.17) is 51.1 Å². The first kappa shape index (κ1) is 22.8. The van der Waals surface area contributed by atoms with Crippen LogP contribution in [-0.4, -0.2) is 4.57 Å². The summed E-state index contributed by atoms with van der Waals surface area (Å²) in [5.41, 5.74) is 1.74. The van der Waals surface area contributed by atoms with E-state index in [1.807, 2.05) is 53.1 Å². The van der Waals surface area contributed by atoms with Crippen LogP contribution in [0.2, 0.25) is 20.1 Å². The molecule has 0 N–H and O–H groups in total. The average Bonchev–Trinajstić information content (AvgIpc) is 2.98. The number of benzene rings is 2. The predicted octanol–water partition coefficient (Wildman–Crippen LogP) is 2.89. The van der Waals surface area contributed by atoms with Crippen molar-refractivity contribution in [2.45, 2.75) is 19.3 Å². The molecule has 0 aliphatic rings. The minimum Gasteiger partial charge on any atom is -1.00 e. The summed E-state index contributed by atoms with van der Waals surface area (Å²) in [4.78, 5) is 0. The Kier molecular flexibility index (Phi) is 8.71. The molecule has 1 heterocycles. The minimum absolute atomic E-state index is 0. The second kappa shape index (κ2) is 10.3. The van der Waals surface area contributed by atoms with Gasteiger partial charge in [-0.3, -0.25) is 0 Å². The van der Waals surface area contributed by atoms with Crippen molar-refractivity contribution in [3.63, 3.8) is 0 Å². The van der Waals surface area contributed by atoms with E-state index in [0.29, 0.717) is 33.2 Å². The molecule has 3 nitrogen and oxygen atoms in total. The molecule has 27 heavy (non-hydrogen) atoms. The third-order valence-corrected chi connectivity index (χ3v) is 5.11. The summed E-state index contributed by atoms with van der Waals surface area (Å²) in [6.45, 7) is 0.945. The van der Waals surface area contributed by atoms with Gasteiger partial charge < -0.3 is 28.7 Å². The van der Waals surface area contributed by atoms with E-state index >= 15 is 0 Å². The summed E-state index contributed by atoms with van der Waals surface area (Å²) in [7, 11) is 1.97. The highest BCUT2D eigenvalue weighted by Crippen LogP contribution is 2.31. The summed E-state index contributed by atoms with van der Waals surface area (Å²) < 4.78 is 10.2. The quantitative estimate of drug-likeness (QED) is 0.337. The van der Waals surface area contributed by atoms with Gasteiger partial charge in [0.25, 0.3) is 0 Å². The fourth-order valence-corrected chi connectivity index (χ4v) is 3.63. The molecule has 0 fully saturated rings. The Hall–Kier alpha value is -0.500. The van der Waals surface area contributed by atoms with Gasteiger partial charge in [0.15, 0.2) is 0 Å². The van der Waals surface area contributed by atoms with Crippen LogP contribution in [0.25, 0.3) is 0 Å². The van der Waals surface area contributed by atoms with Crippen LogP contribution in [0.3, 0.4) is 0 Å². The Balaban J connectivity index is 0.00000261. The molecule has 1 unspecified atom stereocenters. The van der Waals surface area contributed by atoms with Crippen molar-refractivity contribution in [2.75, 3.05) is 0 Å². The lowest BCUT2D eigenvalue weighted by molar-refractivity contribution is -0.671. The van der Waals surface area contributed by atoms with Crippen molar-refractivity contribution >= 4 is 46.4 Å². The van der Waals surface area contributed by atoms with Gasteiger partial charge in [-0.05, 0) is 29.8 Å². The topological polar surface area (TPSA) is 18.0 Å². The molecular formula is C19H17Cl4IN2O. The number of rotatable bonds is 6. The van der Waals surface area contributed by atoms with E-state index in [1.165, 1.54) is 0 Å². The van der Waals surface area contributed by atoms with Crippen LogP contribution in [-0.2, 0) is 24.9 Å². The lowest BCUT2D eigenvalue weighted by atomic mass is 10.1. The Labute approximate surface area is 195 Å². The maximum absolute atomic E-state index is 6.41. The molecule has 0 radical (unpaired) electrons. The zero-order chi connectivity index (χ0) is 18.7. The first-order valence-electron chi connectivity index (χ1n) is 7.94. The van der Waals surface area contributed by atoms with Gasteiger partial charge in [0, 0.05) is 25.7 Å². The van der Waals surface area contributed by atoms with Gasteiger partial charge in [0.1, 0.15) is 25.0 Å². The molecule has 1 aromatic heterocycles. The summed E-state index contributed by atoms with van der Waals surface area (Å²) in [5, 5.41) is 2.33. The predicted molar refractivity (Wildman–Crippen MR) is 106 cm³/mol. The van der Waals surface area contributed by atoms with Crippen molar-refractivity contribution in [3.8, 4) is 0 Å². The van der Waals surface area contributed by atoms with Gasteiger partial charge in [-0.25, -0.2) is 9.13 Å². The summed E-state index contributed by atoms with van der Waals surface area (Å²) in [6.07, 6.45) is 5.67. The van der Waals surface area contributed by atoms with Crippen molar-refractivity contribution in [1.82, 2.24) is 4.57 Å². The molecule has 0 spiro atoms. The second-order valence-electron chi connectivity index (χ2n) is 5.98. The van der Waals surface area contributed by atoms with Gasteiger partial charge in [-0.15, -0.1) is 0 Å². The van der Waals surface area contributed by atoms with Crippen LogP contribution in [0.5, 0.6) is 0 Å². The van der Waals surface area contributed by atoms with Crippen LogP contribution >= 0.6 is 46.4 Å². The highest BCUT2D eigenvalue weighted by molar-refractivity contribution is 6.35. The van der Waals surface area contributed by atoms with Crippen molar-refractivity contribution in [3.05, 3.63) is 86.3 Å². The average molecular weight is 558 g/mol. The molecule has 0 aliphatic carbocycles. The number of imidazole rings is 1. The maximum Gasteiger partial charge on any atom is 0.243 e. The van der Waals surface area contributed by atoms with Crippen molar-refractivity contribution < 1.29 is 33.3 Å². The molecule has 8 heteroatoms. The molecule has 3 rings (SSSR count). The number of halogens is 5. The van der Waals surface area contributed by atoms with Crippen LogP contribution in [0.4, 0.5) is 0 Å². The normalized spacial score (nSPS) is 11.9. The minimum atomic E-state index is -0.265.